The maximum atomic E-state index is 13.3. The standard InChI is InChI=1S/C22H24O8/c1-3-4-14-16-10(5-9(2)29-14)6-11-13(24)7-12(18(25)17(11)20(16)27)22-21(28)19(26)15(8-23)30-22/h5-7,14-15,19,21-23,26-28H,3-4,8H2,1-2H3/t14-,15?,19-,21-,22-/m1/s1. The average Bonchev–Trinajstić information content (AvgIpc) is 2.98. The van der Waals surface area contributed by atoms with Crippen molar-refractivity contribution in [2.24, 2.45) is 0 Å². The van der Waals surface area contributed by atoms with Crippen LogP contribution in [0.3, 0.4) is 0 Å². The molecule has 2 heterocycles. The smallest absolute Gasteiger partial charge is 0.196 e. The van der Waals surface area contributed by atoms with E-state index in [-0.39, 0.29) is 22.4 Å². The lowest BCUT2D eigenvalue weighted by molar-refractivity contribution is -0.0139. The van der Waals surface area contributed by atoms with E-state index in [1.807, 2.05) is 6.92 Å². The number of phenolic OH excluding ortho intramolecular Hbond substituents is 1. The number of aliphatic hydroxyl groups excluding tert-OH is 3. The van der Waals surface area contributed by atoms with Gasteiger partial charge in [0.2, 0.25) is 0 Å². The second-order valence-electron chi connectivity index (χ2n) is 7.85. The van der Waals surface area contributed by atoms with Crippen LogP contribution in [0, 0.1) is 0 Å². The molecule has 1 unspecified atom stereocenters. The number of aromatic hydroxyl groups is 1. The molecule has 1 aromatic rings. The van der Waals surface area contributed by atoms with Crippen LogP contribution in [0.2, 0.25) is 0 Å². The SMILES string of the molecule is CCC[C@H]1OC(C)=Cc2cc3c(c(O)c21)C(=O)C([C@H]1OC(CO)[C@@H](O)[C@H]1O)=CC3=O. The van der Waals surface area contributed by atoms with Crippen molar-refractivity contribution in [1.82, 2.24) is 0 Å². The summed E-state index contributed by atoms with van der Waals surface area (Å²) in [6.07, 6.45) is -1.54. The number of hydrogen-bond acceptors (Lipinski definition) is 8. The monoisotopic (exact) mass is 416 g/mol. The fraction of sp³-hybridized carbons (Fsp3) is 0.455. The minimum Gasteiger partial charge on any atom is -0.507 e. The van der Waals surface area contributed by atoms with Crippen LogP contribution in [0.25, 0.3) is 6.08 Å². The molecule has 1 aliphatic carbocycles. The van der Waals surface area contributed by atoms with Crippen LogP contribution in [-0.2, 0) is 9.47 Å². The number of aliphatic hydroxyl groups is 3. The van der Waals surface area contributed by atoms with E-state index in [2.05, 4.69) is 0 Å². The van der Waals surface area contributed by atoms with Gasteiger partial charge < -0.3 is 29.9 Å². The van der Waals surface area contributed by atoms with Crippen LogP contribution in [-0.4, -0.2) is 63.0 Å². The van der Waals surface area contributed by atoms with E-state index >= 15 is 0 Å². The highest BCUT2D eigenvalue weighted by atomic mass is 16.6. The highest BCUT2D eigenvalue weighted by Crippen LogP contribution is 2.45. The molecule has 0 aromatic heterocycles. The Morgan fingerprint density at radius 1 is 1.13 bits per heavy atom. The molecule has 4 N–H and O–H groups in total. The highest BCUT2D eigenvalue weighted by molar-refractivity contribution is 6.26. The molecule has 0 spiro atoms. The van der Waals surface area contributed by atoms with Crippen molar-refractivity contribution >= 4 is 17.6 Å². The van der Waals surface area contributed by atoms with Gasteiger partial charge in [0.05, 0.1) is 17.9 Å². The lowest BCUT2D eigenvalue weighted by Crippen LogP contribution is -2.36. The minimum absolute atomic E-state index is 0.0629. The van der Waals surface area contributed by atoms with Crippen molar-refractivity contribution in [3.05, 3.63) is 45.7 Å². The lowest BCUT2D eigenvalue weighted by Gasteiger charge is -2.29. The van der Waals surface area contributed by atoms with Crippen LogP contribution in [0.4, 0.5) is 0 Å². The lowest BCUT2D eigenvalue weighted by atomic mass is 9.81. The third kappa shape index (κ3) is 3.07. The van der Waals surface area contributed by atoms with E-state index in [0.717, 1.165) is 12.5 Å². The molecule has 4 rings (SSSR count). The zero-order valence-electron chi connectivity index (χ0n) is 16.7. The number of allylic oxidation sites excluding steroid dienone is 2. The normalized spacial score (nSPS) is 30.4. The van der Waals surface area contributed by atoms with Crippen LogP contribution >= 0.6 is 0 Å². The Morgan fingerprint density at radius 3 is 2.50 bits per heavy atom. The van der Waals surface area contributed by atoms with Crippen molar-refractivity contribution in [1.29, 1.82) is 0 Å². The van der Waals surface area contributed by atoms with Crippen molar-refractivity contribution in [2.75, 3.05) is 6.61 Å². The maximum Gasteiger partial charge on any atom is 0.196 e. The highest BCUT2D eigenvalue weighted by Gasteiger charge is 2.47. The van der Waals surface area contributed by atoms with E-state index < -0.39 is 48.7 Å². The Kier molecular flexibility index (Phi) is 5.27. The quantitative estimate of drug-likeness (QED) is 0.579. The summed E-state index contributed by atoms with van der Waals surface area (Å²) in [5.74, 6) is -0.848. The van der Waals surface area contributed by atoms with E-state index in [1.165, 1.54) is 0 Å². The number of carbonyl (C=O) groups excluding carboxylic acids is 2. The van der Waals surface area contributed by atoms with Gasteiger partial charge in [-0.3, -0.25) is 9.59 Å². The van der Waals surface area contributed by atoms with Crippen LogP contribution < -0.4 is 0 Å². The number of Topliss-reactive ketones (excluding diaryl/α,β-unsaturated/α-hetero) is 1. The van der Waals surface area contributed by atoms with E-state index in [1.54, 1.807) is 19.1 Å². The molecule has 1 fully saturated rings. The number of rotatable bonds is 4. The second-order valence-corrected chi connectivity index (χ2v) is 7.85. The zero-order valence-corrected chi connectivity index (χ0v) is 16.7. The minimum atomic E-state index is -1.49. The van der Waals surface area contributed by atoms with E-state index in [4.69, 9.17) is 9.47 Å². The molecule has 1 aromatic carbocycles. The molecule has 2 aliphatic heterocycles. The molecular weight excluding hydrogens is 392 g/mol. The average molecular weight is 416 g/mol. The molecule has 8 heteroatoms. The zero-order chi connectivity index (χ0) is 21.7. The van der Waals surface area contributed by atoms with Gasteiger partial charge in [0.15, 0.2) is 11.6 Å². The summed E-state index contributed by atoms with van der Waals surface area (Å²) in [6.45, 7) is 3.21. The molecule has 0 amide bonds. The molecule has 160 valence electrons. The molecular formula is C22H24O8. The Bertz CT molecular complexity index is 976. The molecule has 0 saturated carbocycles. The van der Waals surface area contributed by atoms with Crippen molar-refractivity contribution in [2.45, 2.75) is 57.2 Å². The summed E-state index contributed by atoms with van der Waals surface area (Å²) in [5.41, 5.74) is 0.810. The van der Waals surface area contributed by atoms with Gasteiger partial charge in [-0.25, -0.2) is 0 Å². The first-order valence-electron chi connectivity index (χ1n) is 9.96. The maximum absolute atomic E-state index is 13.3. The number of carbonyl (C=O) groups is 2. The van der Waals surface area contributed by atoms with Crippen molar-refractivity contribution in [3.8, 4) is 5.75 Å². The molecule has 1 saturated heterocycles. The summed E-state index contributed by atoms with van der Waals surface area (Å²) in [6, 6.07) is 1.57. The van der Waals surface area contributed by atoms with Gasteiger partial charge >= 0.3 is 0 Å². The number of benzene rings is 1. The van der Waals surface area contributed by atoms with Crippen LogP contribution in [0.5, 0.6) is 5.75 Å². The van der Waals surface area contributed by atoms with E-state index in [9.17, 15) is 30.0 Å². The number of ether oxygens (including phenoxy) is 2. The van der Waals surface area contributed by atoms with Gasteiger partial charge in [0.25, 0.3) is 0 Å². The number of fused-ring (bicyclic) bond motifs is 2. The third-order valence-electron chi connectivity index (χ3n) is 5.82. The van der Waals surface area contributed by atoms with Crippen LogP contribution in [0.1, 0.15) is 64.6 Å². The summed E-state index contributed by atoms with van der Waals surface area (Å²) in [7, 11) is 0. The summed E-state index contributed by atoms with van der Waals surface area (Å²) in [4.78, 5) is 26.1. The van der Waals surface area contributed by atoms with Gasteiger partial charge in [-0.15, -0.1) is 0 Å². The first kappa shape index (κ1) is 20.7. The van der Waals surface area contributed by atoms with Crippen LogP contribution in [0.15, 0.2) is 23.5 Å². The topological polar surface area (TPSA) is 134 Å². The van der Waals surface area contributed by atoms with Crippen molar-refractivity contribution < 1.29 is 39.5 Å². The Hall–Kier alpha value is -2.52. The van der Waals surface area contributed by atoms with Crippen molar-refractivity contribution in [3.63, 3.8) is 0 Å². The fourth-order valence-corrected chi connectivity index (χ4v) is 4.38. The Labute approximate surface area is 173 Å². The van der Waals surface area contributed by atoms with Gasteiger partial charge in [-0.05, 0) is 37.1 Å². The largest absolute Gasteiger partial charge is 0.507 e. The predicted molar refractivity (Wildman–Crippen MR) is 105 cm³/mol. The predicted octanol–water partition coefficient (Wildman–Crippen LogP) is 1.41. The summed E-state index contributed by atoms with van der Waals surface area (Å²) < 4.78 is 11.3. The number of ketones is 2. The van der Waals surface area contributed by atoms with Gasteiger partial charge in [-0.2, -0.15) is 0 Å². The van der Waals surface area contributed by atoms with Gasteiger partial charge in [0, 0.05) is 16.7 Å². The molecule has 8 nitrogen and oxygen atoms in total. The molecule has 0 bridgehead atoms. The van der Waals surface area contributed by atoms with Gasteiger partial charge in [0.1, 0.15) is 36.3 Å². The molecule has 0 radical (unpaired) electrons. The number of hydrogen-bond donors (Lipinski definition) is 4. The molecule has 30 heavy (non-hydrogen) atoms. The first-order valence-corrected chi connectivity index (χ1v) is 9.96. The Morgan fingerprint density at radius 2 is 1.87 bits per heavy atom. The fourth-order valence-electron chi connectivity index (χ4n) is 4.38. The summed E-state index contributed by atoms with van der Waals surface area (Å²) in [5, 5.41) is 40.6. The first-order chi connectivity index (χ1) is 14.3. The molecule has 5 atom stereocenters. The molecule has 3 aliphatic rings. The second kappa shape index (κ2) is 7.63. The third-order valence-corrected chi connectivity index (χ3v) is 5.82. The number of phenols is 1. The Balaban J connectivity index is 1.81. The van der Waals surface area contributed by atoms with E-state index in [0.29, 0.717) is 23.3 Å². The van der Waals surface area contributed by atoms with Gasteiger partial charge in [-0.1, -0.05) is 13.3 Å². The summed E-state index contributed by atoms with van der Waals surface area (Å²) >= 11 is 0.